The van der Waals surface area contributed by atoms with E-state index in [2.05, 4.69) is 49.9 Å². The predicted octanol–water partition coefficient (Wildman–Crippen LogP) is 2.55. The molecule has 0 bridgehead atoms. The Bertz CT molecular complexity index is 309. The molecule has 1 aromatic carbocycles. The van der Waals surface area contributed by atoms with Gasteiger partial charge in [-0.15, -0.1) is 0 Å². The van der Waals surface area contributed by atoms with Gasteiger partial charge in [0.15, 0.2) is 0 Å². The Labute approximate surface area is 99.5 Å². The lowest BCUT2D eigenvalue weighted by Crippen LogP contribution is -2.34. The summed E-state index contributed by atoms with van der Waals surface area (Å²) in [6, 6.07) is 9.17. The van der Waals surface area contributed by atoms with Gasteiger partial charge in [-0.3, -0.25) is 4.90 Å². The molecule has 0 aliphatic carbocycles. The van der Waals surface area contributed by atoms with Crippen molar-refractivity contribution >= 4 is 0 Å². The molecular weight excluding hydrogens is 196 g/mol. The van der Waals surface area contributed by atoms with Crippen LogP contribution in [0.1, 0.15) is 31.4 Å². The number of nitrogens with zero attached hydrogens (tertiary/aromatic N) is 1. The van der Waals surface area contributed by atoms with Crippen LogP contribution in [-0.2, 0) is 6.54 Å². The van der Waals surface area contributed by atoms with Crippen molar-refractivity contribution in [2.24, 2.45) is 5.73 Å². The van der Waals surface area contributed by atoms with E-state index < -0.39 is 0 Å². The van der Waals surface area contributed by atoms with Gasteiger partial charge in [-0.1, -0.05) is 31.2 Å². The third kappa shape index (κ3) is 3.62. The van der Waals surface area contributed by atoms with Crippen LogP contribution in [0.25, 0.3) is 0 Å². The molecule has 1 aromatic rings. The lowest BCUT2D eigenvalue weighted by molar-refractivity contribution is 0.203. The van der Waals surface area contributed by atoms with Crippen LogP contribution in [0.5, 0.6) is 0 Å². The molecule has 0 aliphatic heterocycles. The van der Waals surface area contributed by atoms with Gasteiger partial charge < -0.3 is 5.73 Å². The lowest BCUT2D eigenvalue weighted by Gasteiger charge is -2.28. The number of benzene rings is 1. The fourth-order valence-corrected chi connectivity index (χ4v) is 2.01. The monoisotopic (exact) mass is 220 g/mol. The molecule has 2 N–H and O–H groups in total. The molecule has 0 heterocycles. The summed E-state index contributed by atoms with van der Waals surface area (Å²) in [7, 11) is 0. The minimum Gasteiger partial charge on any atom is -0.330 e. The van der Waals surface area contributed by atoms with Crippen molar-refractivity contribution in [3.05, 3.63) is 35.4 Å². The molecule has 0 aromatic heterocycles. The fourth-order valence-electron chi connectivity index (χ4n) is 2.01. The minimum atomic E-state index is 0.564. The van der Waals surface area contributed by atoms with Gasteiger partial charge in [0.25, 0.3) is 0 Å². The van der Waals surface area contributed by atoms with Gasteiger partial charge in [0.1, 0.15) is 0 Å². The van der Waals surface area contributed by atoms with E-state index in [9.17, 15) is 0 Å². The van der Waals surface area contributed by atoms with Crippen LogP contribution < -0.4 is 5.73 Å². The second kappa shape index (κ2) is 6.66. The summed E-state index contributed by atoms with van der Waals surface area (Å²) in [5.74, 6) is 0. The zero-order chi connectivity index (χ0) is 12.0. The van der Waals surface area contributed by atoms with E-state index in [-0.39, 0.29) is 0 Å². The SMILES string of the molecule is CCN(Cc1ccccc1C)C(C)CCN. The molecule has 90 valence electrons. The van der Waals surface area contributed by atoms with E-state index in [1.807, 2.05) is 0 Å². The third-order valence-electron chi connectivity index (χ3n) is 3.25. The van der Waals surface area contributed by atoms with Crippen LogP contribution in [0.3, 0.4) is 0 Å². The molecule has 16 heavy (non-hydrogen) atoms. The van der Waals surface area contributed by atoms with Gasteiger partial charge >= 0.3 is 0 Å². The number of rotatable bonds is 6. The van der Waals surface area contributed by atoms with E-state index in [1.165, 1.54) is 11.1 Å². The summed E-state index contributed by atoms with van der Waals surface area (Å²) in [4.78, 5) is 2.48. The molecule has 0 fully saturated rings. The molecule has 2 nitrogen and oxygen atoms in total. The molecule has 2 heteroatoms. The molecule has 0 saturated carbocycles. The maximum Gasteiger partial charge on any atom is 0.0239 e. The molecule has 0 spiro atoms. The maximum atomic E-state index is 5.62. The molecule has 1 unspecified atom stereocenters. The van der Waals surface area contributed by atoms with Crippen molar-refractivity contribution in [2.45, 2.75) is 39.8 Å². The molecule has 0 saturated heterocycles. The van der Waals surface area contributed by atoms with Crippen molar-refractivity contribution in [1.29, 1.82) is 0 Å². The summed E-state index contributed by atoms with van der Waals surface area (Å²) < 4.78 is 0. The van der Waals surface area contributed by atoms with E-state index in [4.69, 9.17) is 5.73 Å². The molecule has 1 rings (SSSR count). The van der Waals surface area contributed by atoms with Gasteiger partial charge in [0.2, 0.25) is 0 Å². The highest BCUT2D eigenvalue weighted by molar-refractivity contribution is 5.25. The zero-order valence-electron chi connectivity index (χ0n) is 10.7. The summed E-state index contributed by atoms with van der Waals surface area (Å²) in [5, 5.41) is 0. The summed E-state index contributed by atoms with van der Waals surface area (Å²) in [6.45, 7) is 9.53. The highest BCUT2D eigenvalue weighted by Crippen LogP contribution is 2.13. The smallest absolute Gasteiger partial charge is 0.0239 e. The maximum absolute atomic E-state index is 5.62. The van der Waals surface area contributed by atoms with Crippen molar-refractivity contribution in [3.63, 3.8) is 0 Å². The lowest BCUT2D eigenvalue weighted by atomic mass is 10.1. The van der Waals surface area contributed by atoms with Gasteiger partial charge in [0, 0.05) is 12.6 Å². The predicted molar refractivity (Wildman–Crippen MR) is 70.4 cm³/mol. The Morgan fingerprint density at radius 3 is 2.56 bits per heavy atom. The second-order valence-electron chi connectivity index (χ2n) is 4.42. The van der Waals surface area contributed by atoms with Crippen LogP contribution >= 0.6 is 0 Å². The topological polar surface area (TPSA) is 29.3 Å². The van der Waals surface area contributed by atoms with E-state index in [0.717, 1.165) is 26.1 Å². The first-order valence-electron chi connectivity index (χ1n) is 6.17. The van der Waals surface area contributed by atoms with Gasteiger partial charge in [-0.2, -0.15) is 0 Å². The van der Waals surface area contributed by atoms with Crippen molar-refractivity contribution in [1.82, 2.24) is 4.90 Å². The van der Waals surface area contributed by atoms with Crippen molar-refractivity contribution < 1.29 is 0 Å². The van der Waals surface area contributed by atoms with Crippen LogP contribution in [0.15, 0.2) is 24.3 Å². The first-order chi connectivity index (χ1) is 7.69. The summed E-state index contributed by atoms with van der Waals surface area (Å²) >= 11 is 0. The first kappa shape index (κ1) is 13.2. The molecule has 1 atom stereocenters. The molecular formula is C14H24N2. The number of aryl methyl sites for hydroxylation is 1. The Hall–Kier alpha value is -0.860. The highest BCUT2D eigenvalue weighted by atomic mass is 15.1. The number of nitrogens with two attached hydrogens (primary N) is 1. The van der Waals surface area contributed by atoms with Crippen molar-refractivity contribution in [2.75, 3.05) is 13.1 Å². The minimum absolute atomic E-state index is 0.564. The summed E-state index contributed by atoms with van der Waals surface area (Å²) in [6.07, 6.45) is 1.07. The normalized spacial score (nSPS) is 13.1. The zero-order valence-corrected chi connectivity index (χ0v) is 10.7. The Balaban J connectivity index is 2.66. The van der Waals surface area contributed by atoms with E-state index in [0.29, 0.717) is 6.04 Å². The standard InChI is InChI=1S/C14H24N2/c1-4-16(13(3)9-10-15)11-14-8-6-5-7-12(14)2/h5-8,13H,4,9-11,15H2,1-3H3. The fraction of sp³-hybridized carbons (Fsp3) is 0.571. The van der Waals surface area contributed by atoms with Gasteiger partial charge in [-0.25, -0.2) is 0 Å². The first-order valence-corrected chi connectivity index (χ1v) is 6.17. The van der Waals surface area contributed by atoms with Crippen LogP contribution in [0.4, 0.5) is 0 Å². The van der Waals surface area contributed by atoms with E-state index >= 15 is 0 Å². The highest BCUT2D eigenvalue weighted by Gasteiger charge is 2.12. The largest absolute Gasteiger partial charge is 0.330 e. The average Bonchev–Trinajstić information content (AvgIpc) is 2.28. The second-order valence-corrected chi connectivity index (χ2v) is 4.42. The van der Waals surface area contributed by atoms with E-state index in [1.54, 1.807) is 0 Å². The third-order valence-corrected chi connectivity index (χ3v) is 3.25. The van der Waals surface area contributed by atoms with Crippen molar-refractivity contribution in [3.8, 4) is 0 Å². The average molecular weight is 220 g/mol. The van der Waals surface area contributed by atoms with Crippen LogP contribution in [0.2, 0.25) is 0 Å². The summed E-state index contributed by atoms with van der Waals surface area (Å²) in [5.41, 5.74) is 8.42. The molecule has 0 amide bonds. The Kier molecular flexibility index (Phi) is 5.50. The van der Waals surface area contributed by atoms with Crippen LogP contribution in [0, 0.1) is 6.92 Å². The van der Waals surface area contributed by atoms with Crippen LogP contribution in [-0.4, -0.2) is 24.0 Å². The Morgan fingerprint density at radius 1 is 1.31 bits per heavy atom. The van der Waals surface area contributed by atoms with Gasteiger partial charge in [0.05, 0.1) is 0 Å². The quantitative estimate of drug-likeness (QED) is 0.798. The molecule has 0 radical (unpaired) electrons. The number of hydrogen-bond acceptors (Lipinski definition) is 2. The Morgan fingerprint density at radius 2 is 2.00 bits per heavy atom. The number of hydrogen-bond donors (Lipinski definition) is 1. The molecule has 0 aliphatic rings. The van der Waals surface area contributed by atoms with Gasteiger partial charge in [-0.05, 0) is 44.5 Å².